The Morgan fingerprint density at radius 1 is 1.19 bits per heavy atom. The van der Waals surface area contributed by atoms with Crippen molar-refractivity contribution in [3.8, 4) is 0 Å². The van der Waals surface area contributed by atoms with Gasteiger partial charge in [0.25, 0.3) is 0 Å². The molecule has 0 amide bonds. The molecule has 1 aromatic carbocycles. The summed E-state index contributed by atoms with van der Waals surface area (Å²) in [6.45, 7) is 3.73. The third-order valence-corrected chi connectivity index (χ3v) is 2.55. The zero-order chi connectivity index (χ0) is 11.9. The Balaban J connectivity index is 2.74. The van der Waals surface area contributed by atoms with Gasteiger partial charge < -0.3 is 4.42 Å². The molecule has 0 fully saturated rings. The van der Waals surface area contributed by atoms with Gasteiger partial charge in [0, 0.05) is 5.39 Å². The predicted molar refractivity (Wildman–Crippen MR) is 55.3 cm³/mol. The number of alkyl halides is 3. The molecule has 0 aliphatic heterocycles. The molecule has 1 aromatic heterocycles. The Labute approximate surface area is 90.9 Å². The van der Waals surface area contributed by atoms with Crippen LogP contribution >= 0.6 is 0 Å². The second kappa shape index (κ2) is 3.54. The lowest BCUT2D eigenvalue weighted by Crippen LogP contribution is -2.06. The van der Waals surface area contributed by atoms with Crippen LogP contribution in [0.25, 0.3) is 11.0 Å². The Morgan fingerprint density at radius 2 is 1.88 bits per heavy atom. The van der Waals surface area contributed by atoms with E-state index in [-0.39, 0.29) is 11.5 Å². The highest BCUT2D eigenvalue weighted by molar-refractivity contribution is 5.82. The number of fused-ring (bicyclic) bond motifs is 1. The standard InChI is InChI=1S/C12H11F3O/c1-7(2)9-5-8-3-4-16-11(8)10(6-9)12(13,14)15/h3-7H,1-2H3. The van der Waals surface area contributed by atoms with Gasteiger partial charge in [0.15, 0.2) is 0 Å². The van der Waals surface area contributed by atoms with Crippen LogP contribution < -0.4 is 0 Å². The van der Waals surface area contributed by atoms with E-state index in [1.54, 1.807) is 12.1 Å². The lowest BCUT2D eigenvalue weighted by atomic mass is 9.98. The van der Waals surface area contributed by atoms with Crippen LogP contribution in [0.5, 0.6) is 0 Å². The lowest BCUT2D eigenvalue weighted by Gasteiger charge is -2.11. The van der Waals surface area contributed by atoms with Crippen molar-refractivity contribution in [1.82, 2.24) is 0 Å². The third kappa shape index (κ3) is 1.79. The van der Waals surface area contributed by atoms with E-state index in [1.807, 2.05) is 13.8 Å². The largest absolute Gasteiger partial charge is 0.464 e. The Bertz CT molecular complexity index is 508. The van der Waals surface area contributed by atoms with Crippen LogP contribution in [0, 0.1) is 0 Å². The molecule has 0 bridgehead atoms. The second-order valence-corrected chi connectivity index (χ2v) is 4.06. The smallest absolute Gasteiger partial charge is 0.420 e. The Kier molecular flexibility index (Phi) is 2.45. The van der Waals surface area contributed by atoms with Gasteiger partial charge in [-0.3, -0.25) is 0 Å². The van der Waals surface area contributed by atoms with E-state index in [9.17, 15) is 13.2 Å². The van der Waals surface area contributed by atoms with Gasteiger partial charge in [0.2, 0.25) is 0 Å². The van der Waals surface area contributed by atoms with Crippen molar-refractivity contribution in [2.45, 2.75) is 25.9 Å². The highest BCUT2D eigenvalue weighted by Gasteiger charge is 2.34. The molecule has 0 saturated heterocycles. The quantitative estimate of drug-likeness (QED) is 0.696. The van der Waals surface area contributed by atoms with Gasteiger partial charge in [-0.15, -0.1) is 0 Å². The van der Waals surface area contributed by atoms with E-state index in [4.69, 9.17) is 4.42 Å². The number of halogens is 3. The number of hydrogen-bond donors (Lipinski definition) is 0. The van der Waals surface area contributed by atoms with Gasteiger partial charge in [-0.25, -0.2) is 0 Å². The molecule has 86 valence electrons. The highest BCUT2D eigenvalue weighted by Crippen LogP contribution is 2.37. The Hall–Kier alpha value is -1.45. The SMILES string of the molecule is CC(C)c1cc(C(F)(F)F)c2occc2c1. The van der Waals surface area contributed by atoms with E-state index in [2.05, 4.69) is 0 Å². The van der Waals surface area contributed by atoms with Crippen molar-refractivity contribution < 1.29 is 17.6 Å². The maximum Gasteiger partial charge on any atom is 0.420 e. The highest BCUT2D eigenvalue weighted by atomic mass is 19.4. The molecule has 2 rings (SSSR count). The van der Waals surface area contributed by atoms with Crippen LogP contribution in [0.15, 0.2) is 28.9 Å². The first-order valence-electron chi connectivity index (χ1n) is 4.98. The summed E-state index contributed by atoms with van der Waals surface area (Å²) in [4.78, 5) is 0. The molecule has 0 unspecified atom stereocenters. The summed E-state index contributed by atoms with van der Waals surface area (Å²) in [6.07, 6.45) is -3.09. The van der Waals surface area contributed by atoms with Crippen LogP contribution in [-0.2, 0) is 6.18 Å². The minimum absolute atomic E-state index is 0.0559. The third-order valence-electron chi connectivity index (χ3n) is 2.55. The molecule has 1 heterocycles. The van der Waals surface area contributed by atoms with Crippen molar-refractivity contribution in [3.63, 3.8) is 0 Å². The molecule has 0 N–H and O–H groups in total. The molecular formula is C12H11F3O. The van der Waals surface area contributed by atoms with E-state index >= 15 is 0 Å². The molecule has 1 nitrogen and oxygen atoms in total. The van der Waals surface area contributed by atoms with E-state index in [0.29, 0.717) is 10.9 Å². The molecule has 0 aliphatic carbocycles. The van der Waals surface area contributed by atoms with Gasteiger partial charge in [-0.1, -0.05) is 13.8 Å². The maximum absolute atomic E-state index is 12.8. The molecule has 16 heavy (non-hydrogen) atoms. The summed E-state index contributed by atoms with van der Waals surface area (Å²) < 4.78 is 43.2. The Morgan fingerprint density at radius 3 is 2.44 bits per heavy atom. The number of benzene rings is 1. The van der Waals surface area contributed by atoms with E-state index in [1.165, 1.54) is 6.26 Å². The van der Waals surface area contributed by atoms with Crippen LogP contribution in [0.1, 0.15) is 30.9 Å². The monoisotopic (exact) mass is 228 g/mol. The summed E-state index contributed by atoms with van der Waals surface area (Å²) in [6, 6.07) is 4.45. The summed E-state index contributed by atoms with van der Waals surface area (Å²) in [5.41, 5.74) is -0.114. The van der Waals surface area contributed by atoms with E-state index < -0.39 is 11.7 Å². The van der Waals surface area contributed by atoms with Crippen molar-refractivity contribution in [1.29, 1.82) is 0 Å². The van der Waals surface area contributed by atoms with Gasteiger partial charge in [0.05, 0.1) is 11.8 Å². The van der Waals surface area contributed by atoms with Crippen molar-refractivity contribution >= 4 is 11.0 Å². The van der Waals surface area contributed by atoms with Crippen molar-refractivity contribution in [2.75, 3.05) is 0 Å². The minimum atomic E-state index is -4.37. The average Bonchev–Trinajstić information content (AvgIpc) is 2.61. The first-order valence-corrected chi connectivity index (χ1v) is 4.98. The van der Waals surface area contributed by atoms with Crippen LogP contribution in [-0.4, -0.2) is 0 Å². The zero-order valence-corrected chi connectivity index (χ0v) is 8.93. The van der Waals surface area contributed by atoms with Crippen molar-refractivity contribution in [3.05, 3.63) is 35.6 Å². The molecule has 0 spiro atoms. The topological polar surface area (TPSA) is 13.1 Å². The van der Waals surface area contributed by atoms with Crippen LogP contribution in [0.4, 0.5) is 13.2 Å². The molecule has 4 heteroatoms. The fraction of sp³-hybridized carbons (Fsp3) is 0.333. The molecule has 2 aromatic rings. The van der Waals surface area contributed by atoms with Gasteiger partial charge in [0.1, 0.15) is 5.58 Å². The van der Waals surface area contributed by atoms with Crippen LogP contribution in [0.2, 0.25) is 0 Å². The maximum atomic E-state index is 12.8. The minimum Gasteiger partial charge on any atom is -0.464 e. The molecule has 0 atom stereocenters. The summed E-state index contributed by atoms with van der Waals surface area (Å²) in [5, 5.41) is 0.499. The fourth-order valence-electron chi connectivity index (χ4n) is 1.65. The van der Waals surface area contributed by atoms with Gasteiger partial charge >= 0.3 is 6.18 Å². The first kappa shape index (κ1) is 11.0. The number of hydrogen-bond acceptors (Lipinski definition) is 1. The summed E-state index contributed by atoms with van der Waals surface area (Å²) in [5.74, 6) is 0.0559. The first-order chi connectivity index (χ1) is 7.39. The van der Waals surface area contributed by atoms with Gasteiger partial charge in [-0.2, -0.15) is 13.2 Å². The predicted octanol–water partition coefficient (Wildman–Crippen LogP) is 4.58. The lowest BCUT2D eigenvalue weighted by molar-refractivity contribution is -0.136. The molecule has 0 radical (unpaired) electrons. The van der Waals surface area contributed by atoms with Crippen LogP contribution in [0.3, 0.4) is 0 Å². The second-order valence-electron chi connectivity index (χ2n) is 4.06. The van der Waals surface area contributed by atoms with E-state index in [0.717, 1.165) is 6.07 Å². The summed E-state index contributed by atoms with van der Waals surface area (Å²) in [7, 11) is 0. The normalized spacial score (nSPS) is 12.6. The average molecular weight is 228 g/mol. The molecule has 0 saturated carbocycles. The number of rotatable bonds is 1. The molecule has 0 aliphatic rings. The fourth-order valence-corrected chi connectivity index (χ4v) is 1.65. The molecular weight excluding hydrogens is 217 g/mol. The van der Waals surface area contributed by atoms with Crippen molar-refractivity contribution in [2.24, 2.45) is 0 Å². The summed E-state index contributed by atoms with van der Waals surface area (Å²) >= 11 is 0. The number of furan rings is 1. The zero-order valence-electron chi connectivity index (χ0n) is 8.93. The van der Waals surface area contributed by atoms with Gasteiger partial charge in [-0.05, 0) is 29.7 Å².